The molecule has 0 aromatic heterocycles. The number of carboxylic acid groups (broad SMARTS) is 1. The molecular weight excluding hydrogens is 302 g/mol. The van der Waals surface area contributed by atoms with Crippen molar-refractivity contribution in [2.75, 3.05) is 13.1 Å². The Hall–Kier alpha value is -2.62. The maximum absolute atomic E-state index is 12.5. The van der Waals surface area contributed by atoms with Gasteiger partial charge in [0.1, 0.15) is 0 Å². The molecule has 1 fully saturated rings. The predicted octanol–water partition coefficient (Wildman–Crippen LogP) is 3.99. The number of carbonyl (C=O) groups is 2. The summed E-state index contributed by atoms with van der Waals surface area (Å²) < 4.78 is 0. The number of amides is 1. The number of rotatable bonds is 3. The van der Waals surface area contributed by atoms with Gasteiger partial charge in [0.05, 0.1) is 5.56 Å². The number of aromatic carboxylic acids is 1. The maximum Gasteiger partial charge on any atom is 0.335 e. The molecule has 4 nitrogen and oxygen atoms in total. The van der Waals surface area contributed by atoms with Gasteiger partial charge in [-0.05, 0) is 61.1 Å². The molecule has 24 heavy (non-hydrogen) atoms. The van der Waals surface area contributed by atoms with Crippen LogP contribution in [-0.2, 0) is 0 Å². The van der Waals surface area contributed by atoms with Crippen molar-refractivity contribution in [3.63, 3.8) is 0 Å². The highest BCUT2D eigenvalue weighted by molar-refractivity contribution is 5.95. The second-order valence-corrected chi connectivity index (χ2v) is 6.21. The van der Waals surface area contributed by atoms with E-state index in [9.17, 15) is 14.7 Å². The van der Waals surface area contributed by atoms with Crippen molar-refractivity contribution in [3.05, 3.63) is 59.2 Å². The predicted molar refractivity (Wildman–Crippen MR) is 93.3 cm³/mol. The summed E-state index contributed by atoms with van der Waals surface area (Å²) in [6.45, 7) is 3.48. The maximum atomic E-state index is 12.5. The Labute approximate surface area is 141 Å². The lowest BCUT2D eigenvalue weighted by Gasteiger charge is -2.26. The number of piperidine rings is 1. The van der Waals surface area contributed by atoms with Gasteiger partial charge in [0, 0.05) is 18.7 Å². The molecule has 3 rings (SSSR count). The lowest BCUT2D eigenvalue weighted by atomic mass is 9.95. The number of hydrogen-bond acceptors (Lipinski definition) is 2. The van der Waals surface area contributed by atoms with Gasteiger partial charge in [-0.15, -0.1) is 0 Å². The number of carboxylic acids is 1. The fourth-order valence-electron chi connectivity index (χ4n) is 3.25. The van der Waals surface area contributed by atoms with E-state index in [1.807, 2.05) is 42.2 Å². The molecule has 0 atom stereocenters. The molecule has 0 spiro atoms. The summed E-state index contributed by atoms with van der Waals surface area (Å²) in [6, 6.07) is 12.7. The molecule has 124 valence electrons. The zero-order valence-corrected chi connectivity index (χ0v) is 13.8. The summed E-state index contributed by atoms with van der Waals surface area (Å²) in [6.07, 6.45) is 3.35. The van der Waals surface area contributed by atoms with Crippen LogP contribution in [0.1, 0.15) is 45.5 Å². The highest BCUT2D eigenvalue weighted by Gasteiger charge is 2.18. The minimum atomic E-state index is -0.925. The third-order valence-electron chi connectivity index (χ3n) is 4.65. The zero-order valence-electron chi connectivity index (χ0n) is 13.8. The molecule has 1 saturated heterocycles. The van der Waals surface area contributed by atoms with Gasteiger partial charge in [0.15, 0.2) is 0 Å². The third-order valence-corrected chi connectivity index (χ3v) is 4.65. The van der Waals surface area contributed by atoms with Gasteiger partial charge in [-0.1, -0.05) is 24.3 Å². The topological polar surface area (TPSA) is 57.6 Å². The van der Waals surface area contributed by atoms with E-state index in [0.29, 0.717) is 11.1 Å². The van der Waals surface area contributed by atoms with Crippen LogP contribution < -0.4 is 0 Å². The van der Waals surface area contributed by atoms with E-state index in [1.54, 1.807) is 12.1 Å². The van der Waals surface area contributed by atoms with E-state index in [0.717, 1.165) is 42.6 Å². The number of hydrogen-bond donors (Lipinski definition) is 1. The Kier molecular flexibility index (Phi) is 4.65. The minimum Gasteiger partial charge on any atom is -0.478 e. The Morgan fingerprint density at radius 3 is 2.25 bits per heavy atom. The van der Waals surface area contributed by atoms with Crippen LogP contribution in [0.3, 0.4) is 0 Å². The molecule has 1 aliphatic rings. The molecule has 2 aromatic rings. The quantitative estimate of drug-likeness (QED) is 0.929. The van der Waals surface area contributed by atoms with Crippen molar-refractivity contribution >= 4 is 11.9 Å². The summed E-state index contributed by atoms with van der Waals surface area (Å²) in [5.74, 6) is -0.844. The van der Waals surface area contributed by atoms with Crippen molar-refractivity contribution in [3.8, 4) is 11.1 Å². The van der Waals surface area contributed by atoms with Crippen molar-refractivity contribution in [2.45, 2.75) is 26.2 Å². The highest BCUT2D eigenvalue weighted by atomic mass is 16.4. The molecule has 1 amide bonds. The van der Waals surface area contributed by atoms with Crippen molar-refractivity contribution < 1.29 is 14.7 Å². The van der Waals surface area contributed by atoms with Crippen LogP contribution in [-0.4, -0.2) is 35.0 Å². The molecule has 0 radical (unpaired) electrons. The molecule has 4 heteroatoms. The summed E-state index contributed by atoms with van der Waals surface area (Å²) in [7, 11) is 0. The van der Waals surface area contributed by atoms with E-state index in [4.69, 9.17) is 0 Å². The summed E-state index contributed by atoms with van der Waals surface area (Å²) in [5, 5.41) is 9.25. The first-order valence-electron chi connectivity index (χ1n) is 8.30. The van der Waals surface area contributed by atoms with Crippen LogP contribution in [0.15, 0.2) is 42.5 Å². The molecule has 1 N–H and O–H groups in total. The Balaban J connectivity index is 1.86. The SMILES string of the molecule is Cc1c(C(=O)O)cccc1-c1ccc(C(=O)N2CCCCC2)cc1. The minimum absolute atomic E-state index is 0.0808. The molecule has 1 aliphatic heterocycles. The second-order valence-electron chi connectivity index (χ2n) is 6.21. The fraction of sp³-hybridized carbons (Fsp3) is 0.300. The van der Waals surface area contributed by atoms with Gasteiger partial charge < -0.3 is 10.0 Å². The summed E-state index contributed by atoms with van der Waals surface area (Å²) in [5.41, 5.74) is 3.53. The smallest absolute Gasteiger partial charge is 0.335 e. The van der Waals surface area contributed by atoms with Crippen LogP contribution in [0.5, 0.6) is 0 Å². The van der Waals surface area contributed by atoms with Crippen LogP contribution in [0.2, 0.25) is 0 Å². The first-order chi connectivity index (χ1) is 11.6. The summed E-state index contributed by atoms with van der Waals surface area (Å²) >= 11 is 0. The van der Waals surface area contributed by atoms with E-state index < -0.39 is 5.97 Å². The lowest BCUT2D eigenvalue weighted by molar-refractivity contribution is 0.0693. The third kappa shape index (κ3) is 3.18. The molecule has 0 aliphatic carbocycles. The van der Waals surface area contributed by atoms with Crippen LogP contribution in [0.25, 0.3) is 11.1 Å². The number of carbonyl (C=O) groups excluding carboxylic acids is 1. The molecular formula is C20H21NO3. The average Bonchev–Trinajstić information content (AvgIpc) is 2.62. The standard InChI is InChI=1S/C20H21NO3/c1-14-17(6-5-7-18(14)20(23)24)15-8-10-16(11-9-15)19(22)21-12-3-2-4-13-21/h5-11H,2-4,12-13H2,1H3,(H,23,24). The van der Waals surface area contributed by atoms with Crippen LogP contribution in [0.4, 0.5) is 0 Å². The Morgan fingerprint density at radius 1 is 0.958 bits per heavy atom. The van der Waals surface area contributed by atoms with E-state index in [-0.39, 0.29) is 5.91 Å². The van der Waals surface area contributed by atoms with Crippen molar-refractivity contribution in [2.24, 2.45) is 0 Å². The van der Waals surface area contributed by atoms with Gasteiger partial charge in [-0.2, -0.15) is 0 Å². The number of benzene rings is 2. The average molecular weight is 323 g/mol. The van der Waals surface area contributed by atoms with Gasteiger partial charge >= 0.3 is 5.97 Å². The van der Waals surface area contributed by atoms with Crippen LogP contribution in [0, 0.1) is 6.92 Å². The first-order valence-corrected chi connectivity index (χ1v) is 8.30. The Bertz CT molecular complexity index is 759. The molecule has 1 heterocycles. The summed E-state index contributed by atoms with van der Waals surface area (Å²) in [4.78, 5) is 25.7. The lowest BCUT2D eigenvalue weighted by Crippen LogP contribution is -2.35. The van der Waals surface area contributed by atoms with E-state index in [1.165, 1.54) is 6.42 Å². The van der Waals surface area contributed by atoms with Gasteiger partial charge in [-0.25, -0.2) is 4.79 Å². The number of nitrogens with zero attached hydrogens (tertiary/aromatic N) is 1. The van der Waals surface area contributed by atoms with E-state index >= 15 is 0 Å². The van der Waals surface area contributed by atoms with Gasteiger partial charge in [0.25, 0.3) is 5.91 Å². The van der Waals surface area contributed by atoms with Crippen molar-refractivity contribution in [1.82, 2.24) is 4.90 Å². The molecule has 0 saturated carbocycles. The monoisotopic (exact) mass is 323 g/mol. The molecule has 0 unspecified atom stereocenters. The Morgan fingerprint density at radius 2 is 1.62 bits per heavy atom. The first kappa shape index (κ1) is 16.2. The van der Waals surface area contributed by atoms with Crippen LogP contribution >= 0.6 is 0 Å². The van der Waals surface area contributed by atoms with Gasteiger partial charge in [-0.3, -0.25) is 4.79 Å². The fourth-order valence-corrected chi connectivity index (χ4v) is 3.25. The largest absolute Gasteiger partial charge is 0.478 e. The second kappa shape index (κ2) is 6.87. The molecule has 0 bridgehead atoms. The highest BCUT2D eigenvalue weighted by Crippen LogP contribution is 2.26. The number of likely N-dealkylation sites (tertiary alicyclic amines) is 1. The zero-order chi connectivity index (χ0) is 17.1. The van der Waals surface area contributed by atoms with Crippen molar-refractivity contribution in [1.29, 1.82) is 0 Å². The molecule has 2 aromatic carbocycles. The normalized spacial score (nSPS) is 14.5. The van der Waals surface area contributed by atoms with E-state index in [2.05, 4.69) is 0 Å². The van der Waals surface area contributed by atoms with Gasteiger partial charge in [0.2, 0.25) is 0 Å².